The van der Waals surface area contributed by atoms with Gasteiger partial charge in [0.2, 0.25) is 0 Å². The van der Waals surface area contributed by atoms with Crippen molar-refractivity contribution in [2.45, 2.75) is 18.8 Å². The number of benzene rings is 3. The van der Waals surface area contributed by atoms with Crippen LogP contribution in [0.2, 0.25) is 0 Å². The topological polar surface area (TPSA) is 101 Å². The van der Waals surface area contributed by atoms with Gasteiger partial charge in [-0.15, -0.1) is 17.2 Å². The number of nitrogens with two attached hydrogens (primary N) is 1. The number of aromatic nitrogens is 2. The fourth-order valence-electron chi connectivity index (χ4n) is 3.82. The molecule has 7 nitrogen and oxygen atoms in total. The third kappa shape index (κ3) is 4.41. The van der Waals surface area contributed by atoms with Crippen molar-refractivity contribution in [3.8, 4) is 17.5 Å². The molecule has 1 aliphatic heterocycles. The van der Waals surface area contributed by atoms with E-state index < -0.39 is 0 Å². The average molecular weight is 450 g/mol. The molecular formula is C27H23N5O2. The summed E-state index contributed by atoms with van der Waals surface area (Å²) in [6.45, 7) is 3.77. The summed E-state index contributed by atoms with van der Waals surface area (Å²) in [7, 11) is 0. The second kappa shape index (κ2) is 9.24. The van der Waals surface area contributed by atoms with Crippen molar-refractivity contribution in [1.29, 1.82) is 5.26 Å². The predicted molar refractivity (Wildman–Crippen MR) is 132 cm³/mol. The highest BCUT2D eigenvalue weighted by atomic mass is 16.8. The summed E-state index contributed by atoms with van der Waals surface area (Å²) in [5.41, 5.74) is 5.99. The molecule has 1 saturated heterocycles. The molecule has 34 heavy (non-hydrogen) atoms. The Morgan fingerprint density at radius 1 is 1.15 bits per heavy atom. The lowest BCUT2D eigenvalue weighted by Crippen LogP contribution is -2.18. The first-order valence-corrected chi connectivity index (χ1v) is 10.9. The molecule has 0 amide bonds. The molecular weight excluding hydrogens is 426 g/mol. The van der Waals surface area contributed by atoms with E-state index in [1.165, 1.54) is 10.3 Å². The van der Waals surface area contributed by atoms with Gasteiger partial charge in [0.1, 0.15) is 11.6 Å². The molecule has 4 aromatic rings. The molecule has 2 unspecified atom stereocenters. The number of hydrogen-bond acceptors (Lipinski definition) is 6. The fraction of sp³-hybridized carbons (Fsp3) is 0.111. The molecule has 1 aromatic heterocycles. The van der Waals surface area contributed by atoms with Crippen molar-refractivity contribution in [1.82, 2.24) is 9.71 Å². The number of nitrogens with zero attached hydrogens (tertiary/aromatic N) is 3. The average Bonchev–Trinajstić information content (AvgIpc) is 3.51. The SMILES string of the molecule is C=CCc1ccc(/C=C/C2OC2Nc2ccc(-c3nc4ccc(C#N)cc4n3ON)cc2)cc1. The highest BCUT2D eigenvalue weighted by Crippen LogP contribution is 2.29. The first-order valence-electron chi connectivity index (χ1n) is 10.9. The number of ether oxygens (including phenoxy) is 1. The first-order chi connectivity index (χ1) is 16.7. The molecule has 0 bridgehead atoms. The highest BCUT2D eigenvalue weighted by Gasteiger charge is 2.36. The standard InChI is InChI=1S/C27H23N5O2/c1-2-3-18-4-6-19(7-5-18)9-15-25-27(33-25)30-22-12-10-21(11-13-22)26-31-23-14-8-20(17-28)16-24(23)32(26)34-29/h2,4-16,25,27,30H,1,3,29H2/b15-9+. The Labute approximate surface area is 197 Å². The summed E-state index contributed by atoms with van der Waals surface area (Å²) in [6, 6.07) is 23.5. The van der Waals surface area contributed by atoms with Gasteiger partial charge in [-0.1, -0.05) is 42.5 Å². The maximum absolute atomic E-state index is 9.15. The van der Waals surface area contributed by atoms with Crippen LogP contribution in [0.25, 0.3) is 28.5 Å². The first kappa shape index (κ1) is 21.5. The molecule has 0 aliphatic carbocycles. The van der Waals surface area contributed by atoms with Crippen LogP contribution in [-0.4, -0.2) is 22.0 Å². The van der Waals surface area contributed by atoms with Gasteiger partial charge in [-0.3, -0.25) is 0 Å². The lowest BCUT2D eigenvalue weighted by Gasteiger charge is -2.07. The Bertz CT molecular complexity index is 1400. The summed E-state index contributed by atoms with van der Waals surface area (Å²) in [5, 5.41) is 12.5. The Hall–Kier alpha value is -4.38. The summed E-state index contributed by atoms with van der Waals surface area (Å²) < 4.78 is 7.15. The van der Waals surface area contributed by atoms with Gasteiger partial charge in [-0.05, 0) is 60.0 Å². The number of rotatable bonds is 8. The molecule has 1 aliphatic rings. The van der Waals surface area contributed by atoms with E-state index >= 15 is 0 Å². The second-order valence-electron chi connectivity index (χ2n) is 7.99. The van der Waals surface area contributed by atoms with Crippen molar-refractivity contribution in [3.05, 3.63) is 102 Å². The second-order valence-corrected chi connectivity index (χ2v) is 7.99. The summed E-state index contributed by atoms with van der Waals surface area (Å²) >= 11 is 0. The van der Waals surface area contributed by atoms with E-state index in [1.807, 2.05) is 30.3 Å². The number of allylic oxidation sites excluding steroid dienone is 1. The number of nitriles is 1. The van der Waals surface area contributed by atoms with Crippen LogP contribution in [0.5, 0.6) is 0 Å². The van der Waals surface area contributed by atoms with E-state index in [0.29, 0.717) is 22.4 Å². The zero-order chi connectivity index (χ0) is 23.5. The van der Waals surface area contributed by atoms with Gasteiger partial charge in [0.25, 0.3) is 0 Å². The smallest absolute Gasteiger partial charge is 0.179 e. The van der Waals surface area contributed by atoms with Crippen LogP contribution in [0, 0.1) is 11.3 Å². The van der Waals surface area contributed by atoms with Crippen molar-refractivity contribution < 1.29 is 9.68 Å². The van der Waals surface area contributed by atoms with Crippen LogP contribution in [0.1, 0.15) is 16.7 Å². The maximum atomic E-state index is 9.15. The molecule has 0 radical (unpaired) electrons. The minimum absolute atomic E-state index is 0.0247. The Morgan fingerprint density at radius 2 is 1.94 bits per heavy atom. The predicted octanol–water partition coefficient (Wildman–Crippen LogP) is 4.46. The largest absolute Gasteiger partial charge is 0.358 e. The number of hydrogen-bond donors (Lipinski definition) is 2. The molecule has 0 saturated carbocycles. The quantitative estimate of drug-likeness (QED) is 0.234. The fourth-order valence-corrected chi connectivity index (χ4v) is 3.82. The number of fused-ring (bicyclic) bond motifs is 1. The molecule has 5 rings (SSSR count). The van der Waals surface area contributed by atoms with Gasteiger partial charge in [0.05, 0.1) is 17.1 Å². The van der Waals surface area contributed by atoms with Crippen molar-refractivity contribution in [3.63, 3.8) is 0 Å². The lowest BCUT2D eigenvalue weighted by atomic mass is 10.1. The van der Waals surface area contributed by atoms with E-state index in [9.17, 15) is 0 Å². The minimum atomic E-state index is -0.0662. The molecule has 3 N–H and O–H groups in total. The zero-order valence-corrected chi connectivity index (χ0v) is 18.4. The molecule has 2 heterocycles. The number of nitrogens with one attached hydrogen (secondary N) is 1. The van der Waals surface area contributed by atoms with E-state index in [1.54, 1.807) is 18.2 Å². The number of imidazole rings is 1. The van der Waals surface area contributed by atoms with Gasteiger partial charge >= 0.3 is 0 Å². The summed E-state index contributed by atoms with van der Waals surface area (Å²) in [6.07, 6.45) is 6.87. The lowest BCUT2D eigenvalue weighted by molar-refractivity contribution is 0.125. The molecule has 3 aromatic carbocycles. The van der Waals surface area contributed by atoms with E-state index in [0.717, 1.165) is 23.2 Å². The minimum Gasteiger partial charge on any atom is -0.358 e. The third-order valence-electron chi connectivity index (χ3n) is 5.66. The highest BCUT2D eigenvalue weighted by molar-refractivity contribution is 5.81. The number of anilines is 1. The normalized spacial score (nSPS) is 16.9. The summed E-state index contributed by atoms with van der Waals surface area (Å²) in [4.78, 5) is 9.65. The van der Waals surface area contributed by atoms with Crippen molar-refractivity contribution in [2.75, 3.05) is 5.32 Å². The van der Waals surface area contributed by atoms with Crippen LogP contribution in [0.3, 0.4) is 0 Å². The Kier molecular flexibility index (Phi) is 5.83. The van der Waals surface area contributed by atoms with Crippen LogP contribution in [-0.2, 0) is 11.2 Å². The van der Waals surface area contributed by atoms with Gasteiger partial charge in [-0.25, -0.2) is 4.98 Å². The van der Waals surface area contributed by atoms with Gasteiger partial charge in [0, 0.05) is 11.3 Å². The molecule has 0 spiro atoms. The molecule has 2 atom stereocenters. The van der Waals surface area contributed by atoms with Gasteiger partial charge < -0.3 is 15.0 Å². The molecule has 168 valence electrons. The zero-order valence-electron chi connectivity index (χ0n) is 18.4. The van der Waals surface area contributed by atoms with Crippen molar-refractivity contribution >= 4 is 22.8 Å². The Morgan fingerprint density at radius 3 is 2.65 bits per heavy atom. The van der Waals surface area contributed by atoms with Crippen LogP contribution < -0.4 is 16.2 Å². The number of epoxide rings is 1. The summed E-state index contributed by atoms with van der Waals surface area (Å²) in [5.74, 6) is 6.06. The van der Waals surface area contributed by atoms with E-state index in [4.69, 9.17) is 20.8 Å². The molecule has 7 heteroatoms. The van der Waals surface area contributed by atoms with Crippen LogP contribution in [0.15, 0.2) is 85.5 Å². The van der Waals surface area contributed by atoms with E-state index in [-0.39, 0.29) is 12.3 Å². The van der Waals surface area contributed by atoms with Gasteiger partial charge in [-0.2, -0.15) is 5.26 Å². The maximum Gasteiger partial charge on any atom is 0.179 e. The monoisotopic (exact) mass is 449 g/mol. The van der Waals surface area contributed by atoms with Crippen LogP contribution in [0.4, 0.5) is 5.69 Å². The van der Waals surface area contributed by atoms with Crippen molar-refractivity contribution in [2.24, 2.45) is 5.90 Å². The van der Waals surface area contributed by atoms with Gasteiger partial charge in [0.15, 0.2) is 12.1 Å². The third-order valence-corrected chi connectivity index (χ3v) is 5.66. The molecule has 1 fully saturated rings. The Balaban J connectivity index is 1.24. The van der Waals surface area contributed by atoms with E-state index in [2.05, 4.69) is 59.4 Å². The van der Waals surface area contributed by atoms with Crippen LogP contribution >= 0.6 is 0 Å².